The summed E-state index contributed by atoms with van der Waals surface area (Å²) in [5.74, 6) is -2.53. The molecule has 3 heteroatoms. The van der Waals surface area contributed by atoms with E-state index in [1.54, 1.807) is 6.92 Å². The van der Waals surface area contributed by atoms with E-state index in [0.29, 0.717) is 13.1 Å². The standard InChI is InChI=1S/C6H11F2N/c1-5(3-9-4-5)6(2,7)8/h9H,3-4H2,1-2H3. The zero-order valence-corrected chi connectivity index (χ0v) is 5.67. The second-order valence-corrected chi connectivity index (χ2v) is 3.05. The molecule has 0 saturated carbocycles. The lowest BCUT2D eigenvalue weighted by Crippen LogP contribution is -2.60. The molecule has 1 rings (SSSR count). The van der Waals surface area contributed by atoms with E-state index in [9.17, 15) is 8.78 Å². The van der Waals surface area contributed by atoms with Crippen LogP contribution in [0.25, 0.3) is 0 Å². The third kappa shape index (κ3) is 0.936. The van der Waals surface area contributed by atoms with Crippen LogP contribution < -0.4 is 5.32 Å². The predicted octanol–water partition coefficient (Wildman–Crippen LogP) is 1.25. The molecule has 0 aromatic rings. The molecule has 1 saturated heterocycles. The molecule has 0 radical (unpaired) electrons. The molecule has 0 aliphatic carbocycles. The van der Waals surface area contributed by atoms with E-state index in [0.717, 1.165) is 6.92 Å². The molecule has 1 nitrogen and oxygen atoms in total. The third-order valence-electron chi connectivity index (χ3n) is 2.09. The second kappa shape index (κ2) is 1.66. The van der Waals surface area contributed by atoms with Crippen LogP contribution in [0.4, 0.5) is 8.78 Å². The summed E-state index contributed by atoms with van der Waals surface area (Å²) in [7, 11) is 0. The molecule has 0 aromatic carbocycles. The summed E-state index contributed by atoms with van der Waals surface area (Å²) >= 11 is 0. The van der Waals surface area contributed by atoms with Crippen LogP contribution in [-0.4, -0.2) is 19.0 Å². The lowest BCUT2D eigenvalue weighted by molar-refractivity contribution is -0.122. The van der Waals surface area contributed by atoms with Crippen molar-refractivity contribution >= 4 is 0 Å². The van der Waals surface area contributed by atoms with Crippen LogP contribution in [0, 0.1) is 5.41 Å². The van der Waals surface area contributed by atoms with Crippen LogP contribution in [0.1, 0.15) is 13.8 Å². The van der Waals surface area contributed by atoms with Crippen LogP contribution >= 0.6 is 0 Å². The van der Waals surface area contributed by atoms with Gasteiger partial charge in [0, 0.05) is 13.1 Å². The summed E-state index contributed by atoms with van der Waals surface area (Å²) in [4.78, 5) is 0. The van der Waals surface area contributed by atoms with E-state index in [-0.39, 0.29) is 0 Å². The van der Waals surface area contributed by atoms with Gasteiger partial charge in [-0.2, -0.15) is 0 Å². The third-order valence-corrected chi connectivity index (χ3v) is 2.09. The molecular formula is C6H11F2N. The van der Waals surface area contributed by atoms with Crippen molar-refractivity contribution in [2.24, 2.45) is 5.41 Å². The topological polar surface area (TPSA) is 12.0 Å². The Morgan fingerprint density at radius 2 is 1.89 bits per heavy atom. The Kier molecular flexibility index (Phi) is 1.28. The average molecular weight is 135 g/mol. The first kappa shape index (κ1) is 6.93. The molecule has 0 unspecified atom stereocenters. The van der Waals surface area contributed by atoms with Gasteiger partial charge in [-0.15, -0.1) is 0 Å². The summed E-state index contributed by atoms with van der Waals surface area (Å²) in [6.07, 6.45) is 0. The Bertz CT molecular complexity index is 113. The molecule has 9 heavy (non-hydrogen) atoms. The molecule has 1 fully saturated rings. The van der Waals surface area contributed by atoms with Crippen LogP contribution in [0.15, 0.2) is 0 Å². The number of halogens is 2. The highest BCUT2D eigenvalue weighted by molar-refractivity contribution is 4.96. The highest BCUT2D eigenvalue weighted by Crippen LogP contribution is 2.38. The van der Waals surface area contributed by atoms with Gasteiger partial charge in [0.25, 0.3) is 5.92 Å². The van der Waals surface area contributed by atoms with Crippen molar-refractivity contribution in [2.45, 2.75) is 19.8 Å². The van der Waals surface area contributed by atoms with Crippen molar-refractivity contribution in [3.05, 3.63) is 0 Å². The molecule has 0 bridgehead atoms. The molecular weight excluding hydrogens is 124 g/mol. The molecule has 1 aliphatic heterocycles. The summed E-state index contributed by atoms with van der Waals surface area (Å²) in [6, 6.07) is 0. The number of alkyl halides is 2. The quantitative estimate of drug-likeness (QED) is 0.570. The van der Waals surface area contributed by atoms with Gasteiger partial charge < -0.3 is 5.32 Å². The Morgan fingerprint density at radius 3 is 1.89 bits per heavy atom. The molecule has 0 aromatic heterocycles. The van der Waals surface area contributed by atoms with E-state index in [2.05, 4.69) is 5.32 Å². The zero-order valence-electron chi connectivity index (χ0n) is 5.67. The molecule has 1 heterocycles. The predicted molar refractivity (Wildman–Crippen MR) is 31.6 cm³/mol. The summed E-state index contributed by atoms with van der Waals surface area (Å²) in [5.41, 5.74) is -0.785. The largest absolute Gasteiger partial charge is 0.315 e. The molecule has 1 N–H and O–H groups in total. The van der Waals surface area contributed by atoms with Gasteiger partial charge in [-0.25, -0.2) is 8.78 Å². The van der Waals surface area contributed by atoms with E-state index in [4.69, 9.17) is 0 Å². The maximum atomic E-state index is 12.5. The summed E-state index contributed by atoms with van der Waals surface area (Å²) in [5, 5.41) is 2.83. The van der Waals surface area contributed by atoms with E-state index in [1.807, 2.05) is 0 Å². The van der Waals surface area contributed by atoms with Crippen molar-refractivity contribution in [2.75, 3.05) is 13.1 Å². The number of hydrogen-bond acceptors (Lipinski definition) is 1. The molecule has 54 valence electrons. The number of nitrogens with one attached hydrogen (secondary N) is 1. The fraction of sp³-hybridized carbons (Fsp3) is 1.00. The van der Waals surface area contributed by atoms with Crippen molar-refractivity contribution in [1.29, 1.82) is 0 Å². The van der Waals surface area contributed by atoms with E-state index in [1.165, 1.54) is 0 Å². The SMILES string of the molecule is CC(F)(F)C1(C)CNC1. The van der Waals surface area contributed by atoms with Crippen LogP contribution in [0.2, 0.25) is 0 Å². The van der Waals surface area contributed by atoms with Gasteiger partial charge in [0.2, 0.25) is 0 Å². The van der Waals surface area contributed by atoms with Crippen LogP contribution in [0.5, 0.6) is 0 Å². The van der Waals surface area contributed by atoms with Gasteiger partial charge in [0.15, 0.2) is 0 Å². The molecule has 1 aliphatic rings. The van der Waals surface area contributed by atoms with Gasteiger partial charge in [-0.3, -0.25) is 0 Å². The number of rotatable bonds is 1. The fourth-order valence-electron chi connectivity index (χ4n) is 0.810. The minimum Gasteiger partial charge on any atom is -0.315 e. The minimum atomic E-state index is -2.53. The average Bonchev–Trinajstić information content (AvgIpc) is 1.57. The maximum Gasteiger partial charge on any atom is 0.253 e. The number of hydrogen-bond donors (Lipinski definition) is 1. The lowest BCUT2D eigenvalue weighted by atomic mass is 9.78. The van der Waals surface area contributed by atoms with Crippen molar-refractivity contribution < 1.29 is 8.78 Å². The monoisotopic (exact) mass is 135 g/mol. The van der Waals surface area contributed by atoms with Crippen molar-refractivity contribution in [3.8, 4) is 0 Å². The first-order valence-corrected chi connectivity index (χ1v) is 3.04. The Labute approximate surface area is 53.4 Å². The second-order valence-electron chi connectivity index (χ2n) is 3.05. The first-order chi connectivity index (χ1) is 3.96. The molecule has 0 spiro atoms. The van der Waals surface area contributed by atoms with E-state index >= 15 is 0 Å². The normalized spacial score (nSPS) is 25.3. The van der Waals surface area contributed by atoms with Crippen molar-refractivity contribution in [3.63, 3.8) is 0 Å². The molecule has 0 atom stereocenters. The van der Waals surface area contributed by atoms with Gasteiger partial charge in [-0.1, -0.05) is 6.92 Å². The van der Waals surface area contributed by atoms with Gasteiger partial charge in [0.05, 0.1) is 5.41 Å². The lowest BCUT2D eigenvalue weighted by Gasteiger charge is -2.43. The Balaban J connectivity index is 2.59. The Morgan fingerprint density at radius 1 is 1.44 bits per heavy atom. The van der Waals surface area contributed by atoms with Gasteiger partial charge in [0.1, 0.15) is 0 Å². The zero-order chi connectivity index (χ0) is 7.12. The van der Waals surface area contributed by atoms with Gasteiger partial charge >= 0.3 is 0 Å². The van der Waals surface area contributed by atoms with Gasteiger partial charge in [-0.05, 0) is 6.92 Å². The highest BCUT2D eigenvalue weighted by atomic mass is 19.3. The van der Waals surface area contributed by atoms with Crippen LogP contribution in [-0.2, 0) is 0 Å². The highest BCUT2D eigenvalue weighted by Gasteiger charge is 2.50. The summed E-state index contributed by atoms with van der Waals surface area (Å²) < 4.78 is 25.0. The smallest absolute Gasteiger partial charge is 0.253 e. The van der Waals surface area contributed by atoms with Crippen LogP contribution in [0.3, 0.4) is 0 Å². The molecule has 0 amide bonds. The fourth-order valence-corrected chi connectivity index (χ4v) is 0.810. The Hall–Kier alpha value is -0.180. The van der Waals surface area contributed by atoms with E-state index < -0.39 is 11.3 Å². The summed E-state index contributed by atoms with van der Waals surface area (Å²) in [6.45, 7) is 3.46. The maximum absolute atomic E-state index is 12.5. The van der Waals surface area contributed by atoms with Crippen molar-refractivity contribution in [1.82, 2.24) is 5.32 Å². The first-order valence-electron chi connectivity index (χ1n) is 3.04. The minimum absolute atomic E-state index is 0.441.